The first kappa shape index (κ1) is 26.4. The van der Waals surface area contributed by atoms with E-state index in [1.165, 1.54) is 11.8 Å². The van der Waals surface area contributed by atoms with Crippen LogP contribution < -0.4 is 10.9 Å². The van der Waals surface area contributed by atoms with Crippen LogP contribution in [0.3, 0.4) is 0 Å². The number of rotatable bonds is 7. The molecule has 37 heavy (non-hydrogen) atoms. The molecule has 0 saturated heterocycles. The monoisotopic (exact) mass is 513 g/mol. The largest absolute Gasteiger partial charge is 0.322 e. The lowest BCUT2D eigenvalue weighted by molar-refractivity contribution is -0.123. The molecule has 0 aliphatic heterocycles. The summed E-state index contributed by atoms with van der Waals surface area (Å²) in [6.45, 7) is 9.92. The second-order valence-electron chi connectivity index (χ2n) is 10.3. The van der Waals surface area contributed by atoms with Gasteiger partial charge in [-0.05, 0) is 60.9 Å². The topological polar surface area (TPSA) is 81.1 Å². The van der Waals surface area contributed by atoms with E-state index in [0.29, 0.717) is 33.9 Å². The molecule has 4 aromatic rings. The number of nitrogens with zero attached hydrogens (tertiary/aromatic N) is 2. The molecular weight excluding hydrogens is 482 g/mol. The molecule has 0 saturated carbocycles. The predicted molar refractivity (Wildman–Crippen MR) is 151 cm³/mol. The smallest absolute Gasteiger partial charge is 0.262 e. The van der Waals surface area contributed by atoms with Crippen molar-refractivity contribution in [1.82, 2.24) is 9.55 Å². The Morgan fingerprint density at radius 3 is 2.27 bits per heavy atom. The number of hydrogen-bond acceptors (Lipinski definition) is 5. The van der Waals surface area contributed by atoms with Crippen LogP contribution in [-0.4, -0.2) is 27.0 Å². The maximum Gasteiger partial charge on any atom is 0.262 e. The van der Waals surface area contributed by atoms with E-state index >= 15 is 0 Å². The van der Waals surface area contributed by atoms with Gasteiger partial charge in [0.1, 0.15) is 5.78 Å². The van der Waals surface area contributed by atoms with Gasteiger partial charge < -0.3 is 5.32 Å². The summed E-state index contributed by atoms with van der Waals surface area (Å²) in [5.74, 6) is -0.0118. The highest BCUT2D eigenvalue weighted by molar-refractivity contribution is 7.99. The molecule has 0 aliphatic rings. The molecule has 1 N–H and O–H groups in total. The highest BCUT2D eigenvalue weighted by atomic mass is 32.2. The molecule has 0 spiro atoms. The molecule has 6 nitrogen and oxygen atoms in total. The Morgan fingerprint density at radius 1 is 0.946 bits per heavy atom. The normalized spacial score (nSPS) is 11.5. The van der Waals surface area contributed by atoms with Crippen LogP contribution in [0, 0.1) is 19.3 Å². The van der Waals surface area contributed by atoms with Gasteiger partial charge in [-0.2, -0.15) is 0 Å². The zero-order valence-corrected chi connectivity index (χ0v) is 22.6. The van der Waals surface area contributed by atoms with Gasteiger partial charge in [-0.25, -0.2) is 4.98 Å². The zero-order valence-electron chi connectivity index (χ0n) is 21.8. The molecule has 0 unspecified atom stereocenters. The molecular formula is C30H31N3O3S. The molecule has 1 heterocycles. The van der Waals surface area contributed by atoms with Gasteiger partial charge in [0, 0.05) is 16.7 Å². The first-order valence-corrected chi connectivity index (χ1v) is 13.1. The lowest BCUT2D eigenvalue weighted by Gasteiger charge is -2.17. The minimum Gasteiger partial charge on any atom is -0.322 e. The summed E-state index contributed by atoms with van der Waals surface area (Å²) in [5.41, 5.74) is 3.91. The van der Waals surface area contributed by atoms with Crippen molar-refractivity contribution in [2.45, 2.75) is 46.3 Å². The van der Waals surface area contributed by atoms with E-state index in [1.807, 2.05) is 83.1 Å². The Bertz CT molecular complexity index is 1520. The Morgan fingerprint density at radius 2 is 1.62 bits per heavy atom. The van der Waals surface area contributed by atoms with Gasteiger partial charge in [-0.3, -0.25) is 19.0 Å². The fourth-order valence-corrected chi connectivity index (χ4v) is 5.11. The zero-order chi connectivity index (χ0) is 26.7. The molecule has 0 aliphatic carbocycles. The number of thioether (sulfide) groups is 1. The number of anilines is 1. The molecule has 4 rings (SSSR count). The number of carbonyl (C=O) groups excluding carboxylic acids is 2. The van der Waals surface area contributed by atoms with Gasteiger partial charge >= 0.3 is 0 Å². The van der Waals surface area contributed by atoms with E-state index in [-0.39, 0.29) is 23.0 Å². The summed E-state index contributed by atoms with van der Waals surface area (Å²) in [7, 11) is 0. The van der Waals surface area contributed by atoms with Crippen molar-refractivity contribution < 1.29 is 9.59 Å². The average molecular weight is 514 g/mol. The maximum atomic E-state index is 13.6. The van der Waals surface area contributed by atoms with Crippen LogP contribution in [0.25, 0.3) is 10.9 Å². The van der Waals surface area contributed by atoms with Crippen LogP contribution in [0.4, 0.5) is 5.69 Å². The van der Waals surface area contributed by atoms with Crippen molar-refractivity contribution in [1.29, 1.82) is 0 Å². The van der Waals surface area contributed by atoms with Crippen LogP contribution in [0.15, 0.2) is 76.7 Å². The number of nitrogens with one attached hydrogen (secondary N) is 1. The van der Waals surface area contributed by atoms with E-state index in [9.17, 15) is 14.4 Å². The minimum atomic E-state index is -0.492. The van der Waals surface area contributed by atoms with Gasteiger partial charge in [-0.15, -0.1) is 0 Å². The summed E-state index contributed by atoms with van der Waals surface area (Å²) < 4.78 is 1.60. The number of hydrogen-bond donors (Lipinski definition) is 1. The van der Waals surface area contributed by atoms with Crippen molar-refractivity contribution in [2.24, 2.45) is 5.41 Å². The molecule has 0 bridgehead atoms. The van der Waals surface area contributed by atoms with E-state index < -0.39 is 5.41 Å². The van der Waals surface area contributed by atoms with Crippen LogP contribution >= 0.6 is 11.8 Å². The van der Waals surface area contributed by atoms with Gasteiger partial charge in [0.15, 0.2) is 5.16 Å². The summed E-state index contributed by atoms with van der Waals surface area (Å²) in [6, 6.07) is 20.5. The second-order valence-corrected chi connectivity index (χ2v) is 11.2. The van der Waals surface area contributed by atoms with Crippen molar-refractivity contribution in [3.63, 3.8) is 0 Å². The predicted octanol–water partition coefficient (Wildman–Crippen LogP) is 6.02. The fourth-order valence-electron chi connectivity index (χ4n) is 3.95. The number of amides is 1. The number of benzene rings is 3. The van der Waals surface area contributed by atoms with Crippen LogP contribution in [0.2, 0.25) is 0 Å². The summed E-state index contributed by atoms with van der Waals surface area (Å²) >= 11 is 1.25. The van der Waals surface area contributed by atoms with Crippen molar-refractivity contribution in [3.05, 3.63) is 99.3 Å². The van der Waals surface area contributed by atoms with E-state index in [4.69, 9.17) is 4.98 Å². The highest BCUT2D eigenvalue weighted by Crippen LogP contribution is 2.24. The minimum absolute atomic E-state index is 0.0692. The van der Waals surface area contributed by atoms with E-state index in [0.717, 1.165) is 16.7 Å². The standard InChI is InChI=1S/C30H31N3O3S/c1-19-13-20(2)15-23(14-19)31-27(35)22-11-12-24-25(16-22)32-29(37-18-26(34)30(3,4)5)33(28(24)36)17-21-9-7-6-8-10-21/h6-16H,17-18H2,1-5H3,(H,31,35). The molecule has 7 heteroatoms. The third-order valence-electron chi connectivity index (χ3n) is 6.01. The number of ketones is 1. The van der Waals surface area contributed by atoms with Crippen molar-refractivity contribution in [2.75, 3.05) is 11.1 Å². The lowest BCUT2D eigenvalue weighted by Crippen LogP contribution is -2.26. The molecule has 1 amide bonds. The average Bonchev–Trinajstić information content (AvgIpc) is 2.83. The first-order valence-electron chi connectivity index (χ1n) is 12.2. The summed E-state index contributed by atoms with van der Waals surface area (Å²) in [4.78, 5) is 44.0. The quantitative estimate of drug-likeness (QED) is 0.241. The van der Waals surface area contributed by atoms with E-state index in [1.54, 1.807) is 22.8 Å². The molecule has 3 aromatic carbocycles. The number of Topliss-reactive ketones (excluding diaryl/α,β-unsaturated/α-hetero) is 1. The van der Waals surface area contributed by atoms with Crippen LogP contribution in [0.5, 0.6) is 0 Å². The van der Waals surface area contributed by atoms with Crippen LogP contribution in [0.1, 0.15) is 47.8 Å². The molecule has 190 valence electrons. The SMILES string of the molecule is Cc1cc(C)cc(NC(=O)c2ccc3c(=O)n(Cc4ccccc4)c(SCC(=O)C(C)(C)C)nc3c2)c1. The second kappa shape index (κ2) is 10.7. The first-order chi connectivity index (χ1) is 17.5. The van der Waals surface area contributed by atoms with E-state index in [2.05, 4.69) is 5.32 Å². The molecule has 0 atom stereocenters. The Balaban J connectivity index is 1.72. The summed E-state index contributed by atoms with van der Waals surface area (Å²) in [6.07, 6.45) is 0. The Kier molecular flexibility index (Phi) is 7.64. The number of aryl methyl sites for hydroxylation is 2. The maximum absolute atomic E-state index is 13.6. The Labute approximate surface area is 221 Å². The number of fused-ring (bicyclic) bond motifs is 1. The van der Waals surface area contributed by atoms with Crippen LogP contribution in [-0.2, 0) is 11.3 Å². The molecule has 0 fully saturated rings. The van der Waals surface area contributed by atoms with Crippen molar-refractivity contribution in [3.8, 4) is 0 Å². The number of aromatic nitrogens is 2. The molecule has 1 aromatic heterocycles. The van der Waals surface area contributed by atoms with Gasteiger partial charge in [-0.1, -0.05) is 68.9 Å². The van der Waals surface area contributed by atoms with Gasteiger partial charge in [0.25, 0.3) is 11.5 Å². The highest BCUT2D eigenvalue weighted by Gasteiger charge is 2.23. The van der Waals surface area contributed by atoms with Gasteiger partial charge in [0.2, 0.25) is 0 Å². The molecule has 0 radical (unpaired) electrons. The third kappa shape index (κ3) is 6.35. The Hall–Kier alpha value is -3.71. The summed E-state index contributed by atoms with van der Waals surface area (Å²) in [5, 5.41) is 3.81. The van der Waals surface area contributed by atoms with Crippen molar-refractivity contribution >= 4 is 40.0 Å². The van der Waals surface area contributed by atoms with Gasteiger partial charge in [0.05, 0.1) is 23.2 Å². The number of carbonyl (C=O) groups is 2. The third-order valence-corrected chi connectivity index (χ3v) is 6.99. The fraction of sp³-hybridized carbons (Fsp3) is 0.267. The lowest BCUT2D eigenvalue weighted by atomic mass is 9.92.